The van der Waals surface area contributed by atoms with Gasteiger partial charge in [-0.3, -0.25) is 4.99 Å². The largest absolute Gasteiger partial charge is 0.371 e. The van der Waals surface area contributed by atoms with E-state index in [1.54, 1.807) is 0 Å². The molecule has 0 unspecified atom stereocenters. The lowest BCUT2D eigenvalue weighted by atomic mass is 10.1. The zero-order valence-corrected chi connectivity index (χ0v) is 20.3. The lowest BCUT2D eigenvalue weighted by Crippen LogP contribution is -2.31. The van der Waals surface area contributed by atoms with Crippen LogP contribution in [0.25, 0.3) is 0 Å². The fraction of sp³-hybridized carbons (Fsp3) is 0.542. The highest BCUT2D eigenvalue weighted by Gasteiger charge is 2.23. The molecule has 164 valence electrons. The van der Waals surface area contributed by atoms with Gasteiger partial charge in [-0.25, -0.2) is 0 Å². The van der Waals surface area contributed by atoms with Gasteiger partial charge in [0.1, 0.15) is 0 Å². The van der Waals surface area contributed by atoms with Gasteiger partial charge >= 0.3 is 0 Å². The van der Waals surface area contributed by atoms with Crippen LogP contribution in [0.3, 0.4) is 0 Å². The van der Waals surface area contributed by atoms with Gasteiger partial charge in [-0.1, -0.05) is 17.8 Å². The number of thioether (sulfide) groups is 1. The highest BCUT2D eigenvalue weighted by atomic mass is 32.2. The zero-order valence-electron chi connectivity index (χ0n) is 19.5. The summed E-state index contributed by atoms with van der Waals surface area (Å²) in [6.07, 6.45) is 5.59. The van der Waals surface area contributed by atoms with Crippen molar-refractivity contribution in [1.29, 1.82) is 0 Å². The van der Waals surface area contributed by atoms with Gasteiger partial charge in [0.25, 0.3) is 0 Å². The quantitative estimate of drug-likeness (QED) is 0.554. The van der Waals surface area contributed by atoms with Crippen molar-refractivity contribution < 1.29 is 0 Å². The second-order valence-electron chi connectivity index (χ2n) is 8.42. The van der Waals surface area contributed by atoms with Crippen molar-refractivity contribution >= 4 is 28.8 Å². The minimum Gasteiger partial charge on any atom is -0.371 e. The molecule has 0 spiro atoms. The third-order valence-electron chi connectivity index (χ3n) is 5.61. The molecule has 2 aliphatic rings. The molecule has 0 radical (unpaired) electrons. The maximum absolute atomic E-state index is 4.99. The average molecular weight is 428 g/mol. The average Bonchev–Trinajstić information content (AvgIpc) is 2.72. The van der Waals surface area contributed by atoms with Crippen LogP contribution in [-0.2, 0) is 0 Å². The molecule has 1 heterocycles. The number of anilines is 1. The normalized spacial score (nSPS) is 15.4. The lowest BCUT2D eigenvalue weighted by Gasteiger charge is -2.30. The van der Waals surface area contributed by atoms with Crippen LogP contribution >= 0.6 is 11.8 Å². The van der Waals surface area contributed by atoms with E-state index < -0.39 is 0 Å². The van der Waals surface area contributed by atoms with Gasteiger partial charge in [0, 0.05) is 66.9 Å². The monoisotopic (exact) mass is 427 g/mol. The molecule has 1 aromatic carbocycles. The number of likely N-dealkylation sites (N-methyl/N-ethyl adjacent to an activating group) is 4. The molecule has 0 N–H and O–H groups in total. The van der Waals surface area contributed by atoms with Crippen molar-refractivity contribution in [2.75, 3.05) is 72.4 Å². The first-order valence-electron chi connectivity index (χ1n) is 11.0. The summed E-state index contributed by atoms with van der Waals surface area (Å²) in [6, 6.07) is 6.73. The molecule has 5 nitrogen and oxygen atoms in total. The Morgan fingerprint density at radius 3 is 2.20 bits per heavy atom. The van der Waals surface area contributed by atoms with E-state index in [1.807, 2.05) is 11.8 Å². The predicted molar refractivity (Wildman–Crippen MR) is 132 cm³/mol. The Bertz CT molecular complexity index is 825. The Labute approximate surface area is 187 Å². The Kier molecular flexibility index (Phi) is 8.03. The zero-order chi connectivity index (χ0) is 21.7. The van der Waals surface area contributed by atoms with E-state index in [2.05, 4.69) is 92.0 Å². The molecule has 1 aliphatic carbocycles. The molecule has 30 heavy (non-hydrogen) atoms. The number of fused-ring (bicyclic) bond motifs is 2. The first-order chi connectivity index (χ1) is 14.4. The fourth-order valence-corrected chi connectivity index (χ4v) is 4.77. The van der Waals surface area contributed by atoms with Crippen molar-refractivity contribution in [3.8, 4) is 0 Å². The standard InChI is InChI=1S/C24H37N5S/c1-7-28(15-13-26(3)4)19-9-11-21-23(17-19)30-24-18-20(10-12-22(24)25-21)29(8-2)16-14-27(5)6/h9-11,17-18H,7-8,12-16H2,1-6H3. The van der Waals surface area contributed by atoms with Crippen LogP contribution in [0.4, 0.5) is 11.4 Å². The molecule has 0 fully saturated rings. The SMILES string of the molecule is CCN(CCN(C)C)C1=CCC2=Nc3ccc(N(CC)CCN(C)C)cc3SC2=C1. The van der Waals surface area contributed by atoms with Gasteiger partial charge in [-0.2, -0.15) is 0 Å². The van der Waals surface area contributed by atoms with Gasteiger partial charge < -0.3 is 19.6 Å². The maximum atomic E-state index is 4.99. The Morgan fingerprint density at radius 2 is 1.57 bits per heavy atom. The third kappa shape index (κ3) is 5.68. The van der Waals surface area contributed by atoms with Crippen LogP contribution in [0.1, 0.15) is 20.3 Å². The number of rotatable bonds is 10. The maximum Gasteiger partial charge on any atom is 0.0774 e. The van der Waals surface area contributed by atoms with Crippen molar-refractivity contribution in [3.05, 3.63) is 41.0 Å². The van der Waals surface area contributed by atoms with Crippen molar-refractivity contribution in [1.82, 2.24) is 14.7 Å². The van der Waals surface area contributed by atoms with Crippen LogP contribution in [-0.4, -0.2) is 87.9 Å². The Hall–Kier alpha value is -1.76. The van der Waals surface area contributed by atoms with Crippen molar-refractivity contribution in [2.45, 2.75) is 25.2 Å². The van der Waals surface area contributed by atoms with E-state index in [-0.39, 0.29) is 0 Å². The lowest BCUT2D eigenvalue weighted by molar-refractivity contribution is 0.304. The number of aliphatic imine (C=N–C) groups is 1. The Balaban J connectivity index is 1.78. The molecule has 0 bridgehead atoms. The second kappa shape index (κ2) is 10.5. The fourth-order valence-electron chi connectivity index (χ4n) is 3.71. The molecule has 3 rings (SSSR count). The summed E-state index contributed by atoms with van der Waals surface area (Å²) in [5.74, 6) is 0. The number of allylic oxidation sites excluding steroid dienone is 3. The number of hydrogen-bond donors (Lipinski definition) is 0. The summed E-state index contributed by atoms with van der Waals surface area (Å²) in [6.45, 7) is 10.7. The van der Waals surface area contributed by atoms with Crippen LogP contribution in [0.5, 0.6) is 0 Å². The predicted octanol–water partition coefficient (Wildman–Crippen LogP) is 4.31. The molecule has 1 aromatic rings. The summed E-state index contributed by atoms with van der Waals surface area (Å²) >= 11 is 1.88. The molecular formula is C24H37N5S. The van der Waals surface area contributed by atoms with Crippen LogP contribution in [0.15, 0.2) is 50.8 Å². The van der Waals surface area contributed by atoms with E-state index in [1.165, 1.54) is 26.9 Å². The second-order valence-corrected chi connectivity index (χ2v) is 9.50. The summed E-state index contributed by atoms with van der Waals surface area (Å²) in [5.41, 5.74) is 4.93. The molecular weight excluding hydrogens is 390 g/mol. The summed E-state index contributed by atoms with van der Waals surface area (Å²) < 4.78 is 0. The van der Waals surface area contributed by atoms with Gasteiger partial charge in [0.2, 0.25) is 0 Å². The highest BCUT2D eigenvalue weighted by molar-refractivity contribution is 8.04. The third-order valence-corrected chi connectivity index (χ3v) is 6.73. The first-order valence-corrected chi connectivity index (χ1v) is 11.8. The van der Waals surface area contributed by atoms with Crippen molar-refractivity contribution in [2.24, 2.45) is 4.99 Å². The van der Waals surface area contributed by atoms with Crippen LogP contribution in [0, 0.1) is 0 Å². The smallest absolute Gasteiger partial charge is 0.0774 e. The molecule has 0 atom stereocenters. The minimum absolute atomic E-state index is 0.914. The molecule has 1 aliphatic heterocycles. The van der Waals surface area contributed by atoms with E-state index in [0.29, 0.717) is 0 Å². The summed E-state index contributed by atoms with van der Waals surface area (Å²) in [5, 5.41) is 0. The van der Waals surface area contributed by atoms with Crippen molar-refractivity contribution in [3.63, 3.8) is 0 Å². The van der Waals surface area contributed by atoms with Crippen LogP contribution < -0.4 is 4.90 Å². The molecule has 0 aromatic heterocycles. The first kappa shape index (κ1) is 22.9. The molecule has 0 saturated carbocycles. The molecule has 0 saturated heterocycles. The number of nitrogens with zero attached hydrogens (tertiary/aromatic N) is 5. The van der Waals surface area contributed by atoms with Gasteiger partial charge in [-0.15, -0.1) is 0 Å². The number of hydrogen-bond acceptors (Lipinski definition) is 6. The Morgan fingerprint density at radius 1 is 0.900 bits per heavy atom. The van der Waals surface area contributed by atoms with E-state index in [4.69, 9.17) is 4.99 Å². The van der Waals surface area contributed by atoms with E-state index in [0.717, 1.165) is 51.4 Å². The summed E-state index contributed by atoms with van der Waals surface area (Å²) in [7, 11) is 8.53. The van der Waals surface area contributed by atoms with E-state index >= 15 is 0 Å². The minimum atomic E-state index is 0.914. The van der Waals surface area contributed by atoms with Gasteiger partial charge in [0.05, 0.1) is 11.4 Å². The highest BCUT2D eigenvalue weighted by Crippen LogP contribution is 2.44. The molecule has 0 amide bonds. The topological polar surface area (TPSA) is 25.3 Å². The summed E-state index contributed by atoms with van der Waals surface area (Å²) in [4.78, 5) is 17.0. The van der Waals surface area contributed by atoms with Gasteiger partial charge in [0.15, 0.2) is 0 Å². The number of benzene rings is 1. The van der Waals surface area contributed by atoms with E-state index in [9.17, 15) is 0 Å². The van der Waals surface area contributed by atoms with Gasteiger partial charge in [-0.05, 0) is 66.3 Å². The molecule has 6 heteroatoms. The van der Waals surface area contributed by atoms with Crippen LogP contribution in [0.2, 0.25) is 0 Å².